The smallest absolute Gasteiger partial charge is 0.0181 e. The predicted molar refractivity (Wildman–Crippen MR) is 69.2 cm³/mol. The van der Waals surface area contributed by atoms with Crippen molar-refractivity contribution >= 4 is 11.8 Å². The minimum Gasteiger partial charge on any atom is -0.313 e. The van der Waals surface area contributed by atoms with Crippen LogP contribution < -0.4 is 5.32 Å². The molecule has 0 heterocycles. The van der Waals surface area contributed by atoms with E-state index in [1.54, 1.807) is 0 Å². The SMILES string of the molecule is CCCNC(CC)C(C)SC(C)CC. The van der Waals surface area contributed by atoms with E-state index >= 15 is 0 Å². The van der Waals surface area contributed by atoms with Crippen molar-refractivity contribution in [2.45, 2.75) is 70.4 Å². The van der Waals surface area contributed by atoms with Gasteiger partial charge in [-0.1, -0.05) is 34.6 Å². The van der Waals surface area contributed by atoms with Crippen LogP contribution in [0.15, 0.2) is 0 Å². The maximum absolute atomic E-state index is 3.63. The number of hydrogen-bond acceptors (Lipinski definition) is 2. The molecule has 0 amide bonds. The highest BCUT2D eigenvalue weighted by molar-refractivity contribution is 8.00. The maximum atomic E-state index is 3.63. The van der Waals surface area contributed by atoms with Gasteiger partial charge in [0.05, 0.1) is 0 Å². The Morgan fingerprint density at radius 2 is 1.71 bits per heavy atom. The second-order valence-electron chi connectivity index (χ2n) is 4.03. The van der Waals surface area contributed by atoms with E-state index in [0.717, 1.165) is 17.0 Å². The Bertz CT molecular complexity index is 127. The fourth-order valence-electron chi connectivity index (χ4n) is 1.53. The Balaban J connectivity index is 3.83. The minimum absolute atomic E-state index is 0.689. The quantitative estimate of drug-likeness (QED) is 0.665. The summed E-state index contributed by atoms with van der Waals surface area (Å²) in [5.74, 6) is 0. The van der Waals surface area contributed by atoms with Crippen LogP contribution in [0, 0.1) is 0 Å². The number of rotatable bonds is 8. The van der Waals surface area contributed by atoms with Crippen LogP contribution in [-0.2, 0) is 0 Å². The Hall–Kier alpha value is 0.310. The Morgan fingerprint density at radius 3 is 2.14 bits per heavy atom. The summed E-state index contributed by atoms with van der Waals surface area (Å²) in [5.41, 5.74) is 0. The van der Waals surface area contributed by atoms with Crippen molar-refractivity contribution in [3.8, 4) is 0 Å². The zero-order valence-corrected chi connectivity index (χ0v) is 11.3. The lowest BCUT2D eigenvalue weighted by Gasteiger charge is -2.25. The van der Waals surface area contributed by atoms with E-state index in [1.807, 2.05) is 0 Å². The highest BCUT2D eigenvalue weighted by Crippen LogP contribution is 2.23. The molecule has 0 radical (unpaired) electrons. The Morgan fingerprint density at radius 1 is 1.07 bits per heavy atom. The van der Waals surface area contributed by atoms with Gasteiger partial charge in [0.15, 0.2) is 0 Å². The molecule has 0 aromatic heterocycles. The molecule has 0 saturated heterocycles. The van der Waals surface area contributed by atoms with Crippen LogP contribution in [0.2, 0.25) is 0 Å². The molecule has 0 aromatic carbocycles. The van der Waals surface area contributed by atoms with Gasteiger partial charge in [0.1, 0.15) is 0 Å². The van der Waals surface area contributed by atoms with E-state index < -0.39 is 0 Å². The van der Waals surface area contributed by atoms with E-state index in [2.05, 4.69) is 51.7 Å². The molecule has 3 atom stereocenters. The molecular weight excluding hydrogens is 190 g/mol. The van der Waals surface area contributed by atoms with Gasteiger partial charge in [-0.05, 0) is 25.8 Å². The van der Waals surface area contributed by atoms with E-state index in [0.29, 0.717) is 6.04 Å². The number of thioether (sulfide) groups is 1. The molecule has 1 N–H and O–H groups in total. The van der Waals surface area contributed by atoms with Crippen molar-refractivity contribution in [1.29, 1.82) is 0 Å². The summed E-state index contributed by atoms with van der Waals surface area (Å²) in [5, 5.41) is 5.16. The van der Waals surface area contributed by atoms with Gasteiger partial charge in [-0.25, -0.2) is 0 Å². The van der Waals surface area contributed by atoms with Gasteiger partial charge in [-0.3, -0.25) is 0 Å². The zero-order chi connectivity index (χ0) is 11.0. The Kier molecular flexibility index (Phi) is 8.80. The molecule has 1 nitrogen and oxygen atoms in total. The van der Waals surface area contributed by atoms with Crippen molar-refractivity contribution in [1.82, 2.24) is 5.32 Å². The summed E-state index contributed by atoms with van der Waals surface area (Å²) < 4.78 is 0. The molecular formula is C12H27NS. The predicted octanol–water partition coefficient (Wildman–Crippen LogP) is 3.68. The molecule has 0 fully saturated rings. The van der Waals surface area contributed by atoms with Gasteiger partial charge in [0.2, 0.25) is 0 Å². The van der Waals surface area contributed by atoms with Crippen LogP contribution in [0.1, 0.15) is 53.9 Å². The third-order valence-electron chi connectivity index (χ3n) is 2.68. The van der Waals surface area contributed by atoms with Crippen LogP contribution in [0.25, 0.3) is 0 Å². The first kappa shape index (κ1) is 14.3. The largest absolute Gasteiger partial charge is 0.313 e. The van der Waals surface area contributed by atoms with Gasteiger partial charge in [-0.15, -0.1) is 0 Å². The van der Waals surface area contributed by atoms with Crippen molar-refractivity contribution in [2.75, 3.05) is 6.54 Å². The van der Waals surface area contributed by atoms with E-state index in [1.165, 1.54) is 19.3 Å². The molecule has 0 aliphatic heterocycles. The zero-order valence-electron chi connectivity index (χ0n) is 10.5. The van der Waals surface area contributed by atoms with Gasteiger partial charge in [0.25, 0.3) is 0 Å². The van der Waals surface area contributed by atoms with E-state index in [4.69, 9.17) is 0 Å². The third kappa shape index (κ3) is 5.92. The molecule has 3 unspecified atom stereocenters. The molecule has 0 saturated carbocycles. The average Bonchev–Trinajstić information content (AvgIpc) is 2.18. The summed E-state index contributed by atoms with van der Waals surface area (Å²) >= 11 is 2.12. The number of hydrogen-bond donors (Lipinski definition) is 1. The first-order valence-corrected chi connectivity index (χ1v) is 6.98. The highest BCUT2D eigenvalue weighted by Gasteiger charge is 2.16. The molecule has 0 aliphatic rings. The van der Waals surface area contributed by atoms with Crippen molar-refractivity contribution in [2.24, 2.45) is 0 Å². The monoisotopic (exact) mass is 217 g/mol. The first-order valence-electron chi connectivity index (χ1n) is 6.04. The van der Waals surface area contributed by atoms with Crippen LogP contribution in [-0.4, -0.2) is 23.1 Å². The third-order valence-corrected chi connectivity index (χ3v) is 4.24. The van der Waals surface area contributed by atoms with Gasteiger partial charge in [-0.2, -0.15) is 11.8 Å². The van der Waals surface area contributed by atoms with Crippen LogP contribution in [0.5, 0.6) is 0 Å². The van der Waals surface area contributed by atoms with Crippen LogP contribution >= 0.6 is 11.8 Å². The lowest BCUT2D eigenvalue weighted by Crippen LogP contribution is -2.37. The molecule has 0 aliphatic carbocycles. The summed E-state index contributed by atoms with van der Waals surface area (Å²) in [6.45, 7) is 12.6. The normalized spacial score (nSPS) is 17.8. The van der Waals surface area contributed by atoms with Gasteiger partial charge < -0.3 is 5.32 Å². The lowest BCUT2D eigenvalue weighted by molar-refractivity contribution is 0.493. The fraction of sp³-hybridized carbons (Fsp3) is 1.00. The maximum Gasteiger partial charge on any atom is 0.0181 e. The summed E-state index contributed by atoms with van der Waals surface area (Å²) in [6.07, 6.45) is 3.75. The fourth-order valence-corrected chi connectivity index (χ4v) is 2.93. The molecule has 86 valence electrons. The molecule has 0 aromatic rings. The van der Waals surface area contributed by atoms with Crippen molar-refractivity contribution in [3.05, 3.63) is 0 Å². The average molecular weight is 217 g/mol. The Labute approximate surface area is 94.4 Å². The minimum atomic E-state index is 0.689. The standard InChI is InChI=1S/C12H27NS/c1-6-9-13-12(8-3)11(5)14-10(4)7-2/h10-13H,6-9H2,1-5H3. The highest BCUT2D eigenvalue weighted by atomic mass is 32.2. The van der Waals surface area contributed by atoms with Gasteiger partial charge in [0, 0.05) is 16.5 Å². The summed E-state index contributed by atoms with van der Waals surface area (Å²) in [4.78, 5) is 0. The number of nitrogens with one attached hydrogen (secondary N) is 1. The second kappa shape index (κ2) is 8.60. The van der Waals surface area contributed by atoms with Crippen LogP contribution in [0.4, 0.5) is 0 Å². The van der Waals surface area contributed by atoms with Crippen molar-refractivity contribution in [3.63, 3.8) is 0 Å². The topological polar surface area (TPSA) is 12.0 Å². The second-order valence-corrected chi connectivity index (χ2v) is 5.85. The molecule has 0 spiro atoms. The lowest BCUT2D eigenvalue weighted by atomic mass is 10.1. The molecule has 14 heavy (non-hydrogen) atoms. The van der Waals surface area contributed by atoms with Crippen molar-refractivity contribution < 1.29 is 0 Å². The summed E-state index contributed by atoms with van der Waals surface area (Å²) in [7, 11) is 0. The first-order chi connectivity index (χ1) is 6.65. The van der Waals surface area contributed by atoms with Crippen LogP contribution in [0.3, 0.4) is 0 Å². The molecule has 0 rings (SSSR count). The van der Waals surface area contributed by atoms with Gasteiger partial charge >= 0.3 is 0 Å². The van der Waals surface area contributed by atoms with E-state index in [9.17, 15) is 0 Å². The molecule has 2 heteroatoms. The molecule has 0 bridgehead atoms. The summed E-state index contributed by atoms with van der Waals surface area (Å²) in [6, 6.07) is 0.689. The van der Waals surface area contributed by atoms with E-state index in [-0.39, 0.29) is 0 Å².